The van der Waals surface area contributed by atoms with Crippen LogP contribution in [0.15, 0.2) is 42.0 Å². The number of aliphatic hydroxyl groups is 2. The first-order valence-electron chi connectivity index (χ1n) is 19.0. The molecule has 270 valence electrons. The quantitative estimate of drug-likeness (QED) is 0.120. The van der Waals surface area contributed by atoms with Crippen LogP contribution in [-0.4, -0.2) is 52.4 Å². The molecule has 0 unspecified atom stereocenters. The van der Waals surface area contributed by atoms with E-state index < -0.39 is 17.6 Å². The highest BCUT2D eigenvalue weighted by molar-refractivity contribution is 5.91. The van der Waals surface area contributed by atoms with Crippen molar-refractivity contribution in [3.05, 3.63) is 47.6 Å². The number of amides is 2. The first kappa shape index (κ1) is 36.2. The standard InChI is InChI=1S/C42H62N2O5/c1-37(2)19-21-42(36(49)44-24-8-23-43-34(47)16-11-27-9-12-28(45)13-10-27)22-20-40(6)29(30(42)25-37)14-15-33-39(5)26-31(46)35(48)38(3,4)32(39)17-18-41(33,40)7/h9-14,16,30-33,35,45-46,48H,8,15,17-26H2,1-7H3,(H,43,47)(H,44,49)/b16-11+/t30-,31+,32-,33+,35-,39-,40+,41+,42-/m0/s1. The second kappa shape index (κ2) is 12.5. The summed E-state index contributed by atoms with van der Waals surface area (Å²) < 4.78 is 0. The van der Waals surface area contributed by atoms with Crippen LogP contribution >= 0.6 is 0 Å². The Morgan fingerprint density at radius 1 is 0.857 bits per heavy atom. The zero-order chi connectivity index (χ0) is 35.6. The Bertz CT molecular complexity index is 1500. The van der Waals surface area contributed by atoms with E-state index >= 15 is 0 Å². The van der Waals surface area contributed by atoms with E-state index in [0.29, 0.717) is 37.8 Å². The van der Waals surface area contributed by atoms with Gasteiger partial charge < -0.3 is 26.0 Å². The number of nitrogens with one attached hydrogen (secondary N) is 2. The molecule has 5 aliphatic rings. The van der Waals surface area contributed by atoms with Gasteiger partial charge in [-0.25, -0.2) is 0 Å². The SMILES string of the molecule is CC1(C)CC[C@]2(C(=O)NCCCNC(=O)/C=C/c3ccc(O)cc3)CC[C@]3(C)C(=CC[C@@H]4[C@@]5(C)C[C@@H](O)[C@H](O)C(C)(C)[C@@H]5CC[C@]43C)[C@@H]2C1. The molecule has 0 bridgehead atoms. The van der Waals surface area contributed by atoms with Gasteiger partial charge in [-0.05, 0) is 133 Å². The molecule has 1 aromatic carbocycles. The maximum absolute atomic E-state index is 14.4. The molecule has 4 fully saturated rings. The number of aliphatic hydroxyl groups excluding tert-OH is 2. The van der Waals surface area contributed by atoms with E-state index in [-0.39, 0.29) is 50.6 Å². The molecule has 6 rings (SSSR count). The van der Waals surface area contributed by atoms with E-state index in [1.807, 2.05) is 0 Å². The molecule has 7 nitrogen and oxygen atoms in total. The highest BCUT2D eigenvalue weighted by Crippen LogP contribution is 2.75. The number of aromatic hydroxyl groups is 1. The molecule has 0 saturated heterocycles. The maximum atomic E-state index is 14.4. The normalized spacial score (nSPS) is 40.6. The molecular formula is C42H62N2O5. The van der Waals surface area contributed by atoms with Crippen molar-refractivity contribution in [1.29, 1.82) is 0 Å². The molecule has 0 radical (unpaired) electrons. The van der Waals surface area contributed by atoms with Gasteiger partial charge in [-0.2, -0.15) is 0 Å². The lowest BCUT2D eigenvalue weighted by Crippen LogP contribution is -2.67. The fourth-order valence-electron chi connectivity index (χ4n) is 12.3. The van der Waals surface area contributed by atoms with Crippen LogP contribution in [0.4, 0.5) is 0 Å². The number of hydrogen-bond acceptors (Lipinski definition) is 5. The Balaban J connectivity index is 1.17. The average molecular weight is 675 g/mol. The van der Waals surface area contributed by atoms with Crippen molar-refractivity contribution in [2.45, 2.75) is 125 Å². The van der Waals surface area contributed by atoms with Crippen LogP contribution in [0.5, 0.6) is 5.75 Å². The van der Waals surface area contributed by atoms with E-state index in [0.717, 1.165) is 56.9 Å². The van der Waals surface area contributed by atoms with Crippen LogP contribution in [-0.2, 0) is 9.59 Å². The number of carbonyl (C=O) groups is 2. The summed E-state index contributed by atoms with van der Waals surface area (Å²) in [5, 5.41) is 37.9. The number of hydrogen-bond donors (Lipinski definition) is 5. The molecule has 7 heteroatoms. The first-order chi connectivity index (χ1) is 22.9. The predicted molar refractivity (Wildman–Crippen MR) is 194 cm³/mol. The molecule has 0 aliphatic heterocycles. The molecule has 0 heterocycles. The van der Waals surface area contributed by atoms with Gasteiger partial charge >= 0.3 is 0 Å². The third-order valence-electron chi connectivity index (χ3n) is 15.3. The fraction of sp³-hybridized carbons (Fsp3) is 0.714. The van der Waals surface area contributed by atoms with Crippen molar-refractivity contribution in [3.8, 4) is 5.75 Å². The van der Waals surface area contributed by atoms with Crippen molar-refractivity contribution in [2.75, 3.05) is 13.1 Å². The van der Waals surface area contributed by atoms with E-state index in [1.54, 1.807) is 30.3 Å². The molecule has 49 heavy (non-hydrogen) atoms. The van der Waals surface area contributed by atoms with E-state index in [4.69, 9.17) is 0 Å². The van der Waals surface area contributed by atoms with Crippen molar-refractivity contribution in [3.63, 3.8) is 0 Å². The maximum Gasteiger partial charge on any atom is 0.244 e. The van der Waals surface area contributed by atoms with Crippen LogP contribution in [0.2, 0.25) is 0 Å². The molecule has 5 N–H and O–H groups in total. The van der Waals surface area contributed by atoms with Crippen LogP contribution in [0.1, 0.15) is 118 Å². The van der Waals surface area contributed by atoms with Gasteiger partial charge in [0.1, 0.15) is 5.75 Å². The van der Waals surface area contributed by atoms with Gasteiger partial charge in [0.05, 0.1) is 17.6 Å². The zero-order valence-electron chi connectivity index (χ0n) is 31.1. The molecule has 5 aliphatic carbocycles. The second-order valence-corrected chi connectivity index (χ2v) is 18.7. The van der Waals surface area contributed by atoms with Crippen molar-refractivity contribution >= 4 is 17.9 Å². The number of phenolic OH excluding ortho intramolecular Hbond substituents is 1. The molecule has 0 aromatic heterocycles. The summed E-state index contributed by atoms with van der Waals surface area (Å²) in [6, 6.07) is 6.69. The van der Waals surface area contributed by atoms with Gasteiger partial charge in [0.15, 0.2) is 0 Å². The van der Waals surface area contributed by atoms with E-state index in [1.165, 1.54) is 11.6 Å². The zero-order valence-corrected chi connectivity index (χ0v) is 31.1. The minimum absolute atomic E-state index is 0.0190. The molecule has 9 atom stereocenters. The first-order valence-corrected chi connectivity index (χ1v) is 19.0. The molecular weight excluding hydrogens is 612 g/mol. The number of rotatable bonds is 7. The number of phenols is 1. The minimum Gasteiger partial charge on any atom is -0.508 e. The Hall–Kier alpha value is -2.64. The monoisotopic (exact) mass is 674 g/mol. The molecule has 0 spiro atoms. The van der Waals surface area contributed by atoms with Crippen LogP contribution in [0.3, 0.4) is 0 Å². The molecule has 2 amide bonds. The van der Waals surface area contributed by atoms with E-state index in [9.17, 15) is 24.9 Å². The van der Waals surface area contributed by atoms with Crippen LogP contribution in [0.25, 0.3) is 6.08 Å². The number of fused-ring (bicyclic) bond motifs is 7. The van der Waals surface area contributed by atoms with Gasteiger partial charge in [0.25, 0.3) is 0 Å². The summed E-state index contributed by atoms with van der Waals surface area (Å²) in [6.07, 6.45) is 13.7. The summed E-state index contributed by atoms with van der Waals surface area (Å²) in [6.45, 7) is 17.5. The van der Waals surface area contributed by atoms with Gasteiger partial charge in [0.2, 0.25) is 11.8 Å². The Labute approximate surface area is 294 Å². The Morgan fingerprint density at radius 2 is 1.53 bits per heavy atom. The smallest absolute Gasteiger partial charge is 0.244 e. The fourth-order valence-corrected chi connectivity index (χ4v) is 12.3. The summed E-state index contributed by atoms with van der Waals surface area (Å²) in [5.41, 5.74) is 1.76. The predicted octanol–water partition coefficient (Wildman–Crippen LogP) is 7.16. The highest BCUT2D eigenvalue weighted by Gasteiger charge is 2.69. The lowest BCUT2D eigenvalue weighted by atomic mass is 9.33. The largest absolute Gasteiger partial charge is 0.508 e. The molecule has 4 saturated carbocycles. The van der Waals surface area contributed by atoms with Crippen LogP contribution in [0, 0.1) is 50.2 Å². The topological polar surface area (TPSA) is 119 Å². The Kier molecular flexibility index (Phi) is 9.26. The van der Waals surface area contributed by atoms with Gasteiger partial charge in [0, 0.05) is 19.2 Å². The third-order valence-corrected chi connectivity index (χ3v) is 15.3. The number of carbonyl (C=O) groups excluding carboxylic acids is 2. The van der Waals surface area contributed by atoms with Crippen molar-refractivity contribution in [1.82, 2.24) is 10.6 Å². The summed E-state index contributed by atoms with van der Waals surface area (Å²) in [7, 11) is 0. The van der Waals surface area contributed by atoms with Crippen LogP contribution < -0.4 is 10.6 Å². The van der Waals surface area contributed by atoms with Crippen molar-refractivity contribution < 1.29 is 24.9 Å². The highest BCUT2D eigenvalue weighted by atomic mass is 16.3. The van der Waals surface area contributed by atoms with Crippen molar-refractivity contribution in [2.24, 2.45) is 50.2 Å². The third kappa shape index (κ3) is 5.89. The summed E-state index contributed by atoms with van der Waals surface area (Å²) in [5.74, 6) is 1.17. The molecule has 1 aromatic rings. The number of benzene rings is 1. The van der Waals surface area contributed by atoms with Gasteiger partial charge in [-0.3, -0.25) is 9.59 Å². The Morgan fingerprint density at radius 3 is 2.24 bits per heavy atom. The average Bonchev–Trinajstić information content (AvgIpc) is 3.03. The second-order valence-electron chi connectivity index (χ2n) is 18.7. The minimum atomic E-state index is -0.700. The summed E-state index contributed by atoms with van der Waals surface area (Å²) in [4.78, 5) is 26.7. The van der Waals surface area contributed by atoms with Gasteiger partial charge in [-0.1, -0.05) is 72.2 Å². The lowest BCUT2D eigenvalue weighted by molar-refractivity contribution is -0.231. The number of allylic oxidation sites excluding steroid dienone is 2. The summed E-state index contributed by atoms with van der Waals surface area (Å²) >= 11 is 0. The lowest BCUT2D eigenvalue weighted by Gasteiger charge is -2.71. The van der Waals surface area contributed by atoms with Gasteiger partial charge in [-0.15, -0.1) is 0 Å². The van der Waals surface area contributed by atoms with E-state index in [2.05, 4.69) is 65.2 Å².